The molecule has 0 N–H and O–H groups in total. The molecule has 4 unspecified atom stereocenters. The minimum absolute atomic E-state index is 0.822. The predicted octanol–water partition coefficient (Wildman–Crippen LogP) is 3.22. The highest BCUT2D eigenvalue weighted by molar-refractivity contribution is 5.06. The third-order valence-corrected chi connectivity index (χ3v) is 5.05. The van der Waals surface area contributed by atoms with E-state index in [1.165, 1.54) is 6.42 Å². The molecule has 3 rings (SSSR count). The standard InChI is InChI=1S/C11H18/c1-11-6-2-3-10(11)8-4-5-9(11)7-8/h8-10H,2-7H2,1H3. The average molecular weight is 150 g/mol. The van der Waals surface area contributed by atoms with Gasteiger partial charge in [-0.1, -0.05) is 13.3 Å². The van der Waals surface area contributed by atoms with Crippen molar-refractivity contribution in [3.63, 3.8) is 0 Å². The van der Waals surface area contributed by atoms with Gasteiger partial charge in [0.05, 0.1) is 0 Å². The summed E-state index contributed by atoms with van der Waals surface area (Å²) in [6, 6.07) is 0. The highest BCUT2D eigenvalue weighted by atomic mass is 14.6. The van der Waals surface area contributed by atoms with Gasteiger partial charge in [-0.05, 0) is 55.3 Å². The molecule has 2 bridgehead atoms. The molecule has 0 nitrogen and oxygen atoms in total. The fourth-order valence-corrected chi connectivity index (χ4v) is 4.48. The largest absolute Gasteiger partial charge is 0.0591 e. The SMILES string of the molecule is CC12CCCC1C1CCC2C1. The van der Waals surface area contributed by atoms with Crippen molar-refractivity contribution < 1.29 is 0 Å². The van der Waals surface area contributed by atoms with E-state index in [0.717, 1.165) is 23.2 Å². The molecule has 3 saturated carbocycles. The summed E-state index contributed by atoms with van der Waals surface area (Å²) < 4.78 is 0. The van der Waals surface area contributed by atoms with Gasteiger partial charge in [-0.25, -0.2) is 0 Å². The van der Waals surface area contributed by atoms with Crippen molar-refractivity contribution >= 4 is 0 Å². The van der Waals surface area contributed by atoms with Crippen LogP contribution in [0.25, 0.3) is 0 Å². The van der Waals surface area contributed by atoms with Crippen LogP contribution in [0.2, 0.25) is 0 Å². The van der Waals surface area contributed by atoms with Gasteiger partial charge in [0.1, 0.15) is 0 Å². The monoisotopic (exact) mass is 150 g/mol. The number of hydrogen-bond acceptors (Lipinski definition) is 0. The van der Waals surface area contributed by atoms with Crippen molar-refractivity contribution in [2.24, 2.45) is 23.2 Å². The molecule has 0 saturated heterocycles. The van der Waals surface area contributed by atoms with Gasteiger partial charge in [-0.3, -0.25) is 0 Å². The van der Waals surface area contributed by atoms with Crippen LogP contribution in [0.15, 0.2) is 0 Å². The van der Waals surface area contributed by atoms with Crippen LogP contribution in [0.5, 0.6) is 0 Å². The Morgan fingerprint density at radius 2 is 2.09 bits per heavy atom. The highest BCUT2D eigenvalue weighted by Gasteiger charge is 2.56. The summed E-state index contributed by atoms with van der Waals surface area (Å²) >= 11 is 0. The lowest BCUT2D eigenvalue weighted by molar-refractivity contribution is 0.135. The van der Waals surface area contributed by atoms with Crippen LogP contribution in [-0.2, 0) is 0 Å². The number of hydrogen-bond donors (Lipinski definition) is 0. The maximum Gasteiger partial charge on any atom is -0.0266 e. The minimum Gasteiger partial charge on any atom is -0.0591 e. The lowest BCUT2D eigenvalue weighted by Crippen LogP contribution is -2.28. The Balaban J connectivity index is 2.00. The Kier molecular flexibility index (Phi) is 1.09. The first kappa shape index (κ1) is 6.51. The van der Waals surface area contributed by atoms with Crippen molar-refractivity contribution in [2.45, 2.75) is 45.4 Å². The molecule has 4 atom stereocenters. The van der Waals surface area contributed by atoms with Gasteiger partial charge in [0.25, 0.3) is 0 Å². The topological polar surface area (TPSA) is 0 Å². The summed E-state index contributed by atoms with van der Waals surface area (Å²) in [5.74, 6) is 3.45. The molecule has 0 aromatic carbocycles. The Labute approximate surface area is 69.4 Å². The number of fused-ring (bicyclic) bond motifs is 5. The predicted molar refractivity (Wildman–Crippen MR) is 46.3 cm³/mol. The summed E-state index contributed by atoms with van der Waals surface area (Å²) in [4.78, 5) is 0. The fourth-order valence-electron chi connectivity index (χ4n) is 4.48. The van der Waals surface area contributed by atoms with Crippen molar-refractivity contribution in [2.75, 3.05) is 0 Å². The molecule has 0 heteroatoms. The molecule has 11 heavy (non-hydrogen) atoms. The van der Waals surface area contributed by atoms with Gasteiger partial charge in [-0.2, -0.15) is 0 Å². The molecular weight excluding hydrogens is 132 g/mol. The van der Waals surface area contributed by atoms with Gasteiger partial charge in [-0.15, -0.1) is 0 Å². The molecule has 62 valence electrons. The van der Waals surface area contributed by atoms with E-state index in [1.54, 1.807) is 32.1 Å². The highest BCUT2D eigenvalue weighted by Crippen LogP contribution is 2.65. The molecule has 0 aromatic heterocycles. The smallest absolute Gasteiger partial charge is 0.0266 e. The van der Waals surface area contributed by atoms with Crippen LogP contribution >= 0.6 is 0 Å². The second kappa shape index (κ2) is 1.84. The van der Waals surface area contributed by atoms with Gasteiger partial charge >= 0.3 is 0 Å². The molecule has 0 heterocycles. The molecule has 0 aromatic rings. The second-order valence-electron chi connectivity index (χ2n) is 5.27. The molecular formula is C11H18. The van der Waals surface area contributed by atoms with E-state index in [4.69, 9.17) is 0 Å². The zero-order valence-corrected chi connectivity index (χ0v) is 7.47. The Morgan fingerprint density at radius 3 is 2.91 bits per heavy atom. The quantitative estimate of drug-likeness (QED) is 0.497. The van der Waals surface area contributed by atoms with Crippen LogP contribution in [0.4, 0.5) is 0 Å². The summed E-state index contributed by atoms with van der Waals surface area (Å²) in [7, 11) is 0. The van der Waals surface area contributed by atoms with Crippen LogP contribution in [-0.4, -0.2) is 0 Å². The van der Waals surface area contributed by atoms with E-state index in [-0.39, 0.29) is 0 Å². The molecule has 0 amide bonds. The summed E-state index contributed by atoms with van der Waals surface area (Å²) in [6.45, 7) is 2.58. The lowest BCUT2D eigenvalue weighted by Gasteiger charge is -2.35. The van der Waals surface area contributed by atoms with E-state index >= 15 is 0 Å². The van der Waals surface area contributed by atoms with Gasteiger partial charge in [0.15, 0.2) is 0 Å². The minimum atomic E-state index is 0.822. The lowest BCUT2D eigenvalue weighted by atomic mass is 9.69. The summed E-state index contributed by atoms with van der Waals surface area (Å²) in [5, 5.41) is 0. The normalized spacial score (nSPS) is 60.3. The first-order valence-corrected chi connectivity index (χ1v) is 5.31. The maximum absolute atomic E-state index is 2.58. The Bertz CT molecular complexity index is 184. The first-order chi connectivity index (χ1) is 5.31. The van der Waals surface area contributed by atoms with E-state index < -0.39 is 0 Å². The molecule has 0 radical (unpaired) electrons. The molecule has 3 aliphatic rings. The van der Waals surface area contributed by atoms with E-state index in [1.807, 2.05) is 0 Å². The van der Waals surface area contributed by atoms with E-state index in [0.29, 0.717) is 0 Å². The second-order valence-corrected chi connectivity index (χ2v) is 5.27. The molecule has 0 spiro atoms. The van der Waals surface area contributed by atoms with Gasteiger partial charge in [0, 0.05) is 0 Å². The van der Waals surface area contributed by atoms with Gasteiger partial charge < -0.3 is 0 Å². The molecule has 0 aliphatic heterocycles. The van der Waals surface area contributed by atoms with Crippen LogP contribution in [0, 0.1) is 23.2 Å². The van der Waals surface area contributed by atoms with E-state index in [2.05, 4.69) is 6.92 Å². The van der Waals surface area contributed by atoms with Crippen molar-refractivity contribution in [1.82, 2.24) is 0 Å². The third kappa shape index (κ3) is 0.625. The van der Waals surface area contributed by atoms with E-state index in [9.17, 15) is 0 Å². The van der Waals surface area contributed by atoms with Gasteiger partial charge in [0.2, 0.25) is 0 Å². The Morgan fingerprint density at radius 1 is 1.18 bits per heavy atom. The third-order valence-electron chi connectivity index (χ3n) is 5.05. The van der Waals surface area contributed by atoms with Crippen LogP contribution in [0.1, 0.15) is 45.4 Å². The number of rotatable bonds is 0. The average Bonchev–Trinajstić information content (AvgIpc) is 2.54. The summed E-state index contributed by atoms with van der Waals surface area (Å²) in [6.07, 6.45) is 9.40. The zero-order chi connectivity index (χ0) is 7.47. The van der Waals surface area contributed by atoms with Crippen LogP contribution in [0.3, 0.4) is 0 Å². The zero-order valence-electron chi connectivity index (χ0n) is 7.47. The summed E-state index contributed by atoms with van der Waals surface area (Å²) in [5.41, 5.74) is 0.822. The molecule has 3 aliphatic carbocycles. The first-order valence-electron chi connectivity index (χ1n) is 5.31. The Hall–Kier alpha value is 0. The maximum atomic E-state index is 2.58. The van der Waals surface area contributed by atoms with Crippen molar-refractivity contribution in [1.29, 1.82) is 0 Å². The molecule has 3 fully saturated rings. The van der Waals surface area contributed by atoms with Crippen LogP contribution < -0.4 is 0 Å². The van der Waals surface area contributed by atoms with Crippen molar-refractivity contribution in [3.05, 3.63) is 0 Å². The fraction of sp³-hybridized carbons (Fsp3) is 1.00. The van der Waals surface area contributed by atoms with Crippen molar-refractivity contribution in [3.8, 4) is 0 Å².